The number of anilines is 1. The Kier molecular flexibility index (Phi) is 5.92. The molecule has 2 rings (SSSR count). The van der Waals surface area contributed by atoms with Crippen LogP contribution in [0.2, 0.25) is 0 Å². The first-order valence-corrected chi connectivity index (χ1v) is 9.36. The van der Waals surface area contributed by atoms with E-state index in [1.54, 1.807) is 12.1 Å². The molecule has 0 saturated heterocycles. The van der Waals surface area contributed by atoms with Crippen LogP contribution in [-0.2, 0) is 9.84 Å². The van der Waals surface area contributed by atoms with Crippen LogP contribution in [0.4, 0.5) is 5.82 Å². The molecule has 0 aliphatic heterocycles. The fraction of sp³-hybridized carbons (Fsp3) is 0.312. The molecule has 25 heavy (non-hydrogen) atoms. The lowest BCUT2D eigenvalue weighted by Crippen LogP contribution is -2.22. The van der Waals surface area contributed by atoms with Crippen molar-refractivity contribution in [1.29, 1.82) is 0 Å². The van der Waals surface area contributed by atoms with Gasteiger partial charge in [0.2, 0.25) is 0 Å². The van der Waals surface area contributed by atoms with Crippen LogP contribution in [0.1, 0.15) is 16.9 Å². The largest absolute Gasteiger partial charge is 0.493 e. The molecule has 0 radical (unpaired) electrons. The zero-order chi connectivity index (χ0) is 18.4. The lowest BCUT2D eigenvalue weighted by molar-refractivity contribution is 0.0690. The van der Waals surface area contributed by atoms with E-state index in [-0.39, 0.29) is 10.6 Å². The summed E-state index contributed by atoms with van der Waals surface area (Å²) in [6.45, 7) is 1.02. The van der Waals surface area contributed by atoms with Gasteiger partial charge in [-0.1, -0.05) is 6.07 Å². The Morgan fingerprint density at radius 3 is 2.64 bits per heavy atom. The second kappa shape index (κ2) is 7.93. The highest BCUT2D eigenvalue weighted by atomic mass is 32.2. The highest BCUT2D eigenvalue weighted by Crippen LogP contribution is 2.17. The van der Waals surface area contributed by atoms with Crippen LogP contribution in [0, 0.1) is 0 Å². The normalized spacial score (nSPS) is 11.1. The number of nitrogens with zero attached hydrogens (tertiary/aromatic N) is 3. The van der Waals surface area contributed by atoms with Crippen molar-refractivity contribution in [3.63, 3.8) is 0 Å². The maximum Gasteiger partial charge on any atom is 0.356 e. The molecule has 0 aliphatic rings. The molecule has 0 atom stereocenters. The third kappa shape index (κ3) is 5.42. The van der Waals surface area contributed by atoms with E-state index in [4.69, 9.17) is 9.84 Å². The molecule has 8 nitrogen and oxygen atoms in total. The predicted octanol–water partition coefficient (Wildman–Crippen LogP) is 1.48. The van der Waals surface area contributed by atoms with Crippen LogP contribution >= 0.6 is 0 Å². The summed E-state index contributed by atoms with van der Waals surface area (Å²) in [5.74, 6) is -0.0633. The lowest BCUT2D eigenvalue weighted by atomic mass is 10.3. The van der Waals surface area contributed by atoms with Gasteiger partial charge in [-0.15, -0.1) is 0 Å². The number of carboxylic acids is 1. The number of carbonyl (C=O) groups is 1. The van der Waals surface area contributed by atoms with E-state index < -0.39 is 15.8 Å². The number of aromatic carboxylic acids is 1. The second-order valence-electron chi connectivity index (χ2n) is 5.44. The number of rotatable bonds is 8. The summed E-state index contributed by atoms with van der Waals surface area (Å²) in [5.41, 5.74) is -0.105. The minimum atomic E-state index is -3.26. The second-order valence-corrected chi connectivity index (χ2v) is 7.45. The quantitative estimate of drug-likeness (QED) is 0.701. The number of hydrogen-bond acceptors (Lipinski definition) is 7. The van der Waals surface area contributed by atoms with E-state index in [1.807, 2.05) is 11.9 Å². The molecular weight excluding hydrogens is 346 g/mol. The monoisotopic (exact) mass is 365 g/mol. The first-order valence-electron chi connectivity index (χ1n) is 7.47. The van der Waals surface area contributed by atoms with Crippen molar-refractivity contribution in [2.45, 2.75) is 11.3 Å². The lowest BCUT2D eigenvalue weighted by Gasteiger charge is -2.17. The van der Waals surface area contributed by atoms with Gasteiger partial charge in [-0.2, -0.15) is 0 Å². The number of ether oxygens (including phenoxy) is 1. The Bertz CT molecular complexity index is 837. The van der Waals surface area contributed by atoms with E-state index in [0.29, 0.717) is 31.1 Å². The molecule has 1 aromatic carbocycles. The van der Waals surface area contributed by atoms with Crippen LogP contribution in [0.3, 0.4) is 0 Å². The number of benzene rings is 1. The topological polar surface area (TPSA) is 110 Å². The highest BCUT2D eigenvalue weighted by molar-refractivity contribution is 7.90. The summed E-state index contributed by atoms with van der Waals surface area (Å²) in [5, 5.41) is 8.80. The van der Waals surface area contributed by atoms with Gasteiger partial charge in [-0.25, -0.2) is 23.2 Å². The maximum atomic E-state index is 11.5. The Labute approximate surface area is 146 Å². The molecule has 0 saturated carbocycles. The Balaban J connectivity index is 1.83. The molecule has 0 spiro atoms. The van der Waals surface area contributed by atoms with Gasteiger partial charge in [0.05, 0.1) is 23.9 Å². The van der Waals surface area contributed by atoms with Crippen molar-refractivity contribution in [2.24, 2.45) is 0 Å². The fourth-order valence-corrected chi connectivity index (χ4v) is 2.69. The standard InChI is InChI=1S/C16H19N3O5S/c1-19(15-11-17-14(10-18-15)16(20)21)7-4-8-24-12-5-3-6-13(9-12)25(2,22)23/h3,5-6,9-11H,4,7-8H2,1-2H3,(H,20,21). The number of sulfone groups is 1. The van der Waals surface area contributed by atoms with Gasteiger partial charge >= 0.3 is 5.97 Å². The molecule has 1 N–H and O–H groups in total. The molecule has 9 heteroatoms. The Hall–Kier alpha value is -2.68. The van der Waals surface area contributed by atoms with E-state index in [0.717, 1.165) is 6.26 Å². The van der Waals surface area contributed by atoms with Crippen LogP contribution in [0.5, 0.6) is 5.75 Å². The van der Waals surface area contributed by atoms with E-state index >= 15 is 0 Å². The fourth-order valence-electron chi connectivity index (χ4n) is 2.03. The van der Waals surface area contributed by atoms with Crippen molar-refractivity contribution in [1.82, 2.24) is 9.97 Å². The van der Waals surface area contributed by atoms with Crippen molar-refractivity contribution in [2.75, 3.05) is 31.4 Å². The molecule has 0 aliphatic carbocycles. The molecule has 2 aromatic rings. The first-order chi connectivity index (χ1) is 11.8. The van der Waals surface area contributed by atoms with Crippen LogP contribution in [-0.4, -0.2) is 55.9 Å². The first kappa shape index (κ1) is 18.7. The molecule has 0 amide bonds. The van der Waals surface area contributed by atoms with E-state index in [1.165, 1.54) is 24.5 Å². The summed E-state index contributed by atoms with van der Waals surface area (Å²) < 4.78 is 28.6. The van der Waals surface area contributed by atoms with Crippen LogP contribution in [0.25, 0.3) is 0 Å². The van der Waals surface area contributed by atoms with Gasteiger partial charge in [-0.05, 0) is 24.6 Å². The minimum Gasteiger partial charge on any atom is -0.493 e. The summed E-state index contributed by atoms with van der Waals surface area (Å²) >= 11 is 0. The number of hydrogen-bond donors (Lipinski definition) is 1. The van der Waals surface area contributed by atoms with Gasteiger partial charge in [0.1, 0.15) is 11.6 Å². The molecule has 0 bridgehead atoms. The summed E-state index contributed by atoms with van der Waals surface area (Å²) in [6.07, 6.45) is 4.43. The molecule has 0 fully saturated rings. The Morgan fingerprint density at radius 2 is 2.04 bits per heavy atom. The van der Waals surface area contributed by atoms with Gasteiger partial charge in [-0.3, -0.25) is 0 Å². The summed E-state index contributed by atoms with van der Waals surface area (Å²) in [4.78, 5) is 20.7. The molecule has 1 heterocycles. The number of aromatic nitrogens is 2. The average molecular weight is 365 g/mol. The number of carboxylic acid groups (broad SMARTS) is 1. The molecular formula is C16H19N3O5S. The average Bonchev–Trinajstić information content (AvgIpc) is 2.58. The van der Waals surface area contributed by atoms with Gasteiger partial charge < -0.3 is 14.7 Å². The summed E-state index contributed by atoms with van der Waals surface area (Å²) in [6, 6.07) is 6.36. The van der Waals surface area contributed by atoms with Crippen molar-refractivity contribution < 1.29 is 23.1 Å². The molecule has 0 unspecified atom stereocenters. The third-order valence-corrected chi connectivity index (χ3v) is 4.50. The van der Waals surface area contributed by atoms with Crippen molar-refractivity contribution in [3.05, 3.63) is 42.4 Å². The smallest absolute Gasteiger partial charge is 0.356 e. The van der Waals surface area contributed by atoms with Crippen LogP contribution in [0.15, 0.2) is 41.6 Å². The van der Waals surface area contributed by atoms with Crippen molar-refractivity contribution >= 4 is 21.6 Å². The predicted molar refractivity (Wildman–Crippen MR) is 91.9 cm³/mol. The van der Waals surface area contributed by atoms with Gasteiger partial charge in [0, 0.05) is 19.8 Å². The van der Waals surface area contributed by atoms with Crippen molar-refractivity contribution in [3.8, 4) is 5.75 Å². The van der Waals surface area contributed by atoms with E-state index in [2.05, 4.69) is 9.97 Å². The Morgan fingerprint density at radius 1 is 1.28 bits per heavy atom. The van der Waals surface area contributed by atoms with Crippen LogP contribution < -0.4 is 9.64 Å². The molecule has 134 valence electrons. The highest BCUT2D eigenvalue weighted by Gasteiger charge is 2.09. The maximum absolute atomic E-state index is 11.5. The van der Waals surface area contributed by atoms with Gasteiger partial charge in [0.15, 0.2) is 15.5 Å². The van der Waals surface area contributed by atoms with Gasteiger partial charge in [0.25, 0.3) is 0 Å². The zero-order valence-electron chi connectivity index (χ0n) is 13.9. The summed E-state index contributed by atoms with van der Waals surface area (Å²) in [7, 11) is -1.45. The minimum absolute atomic E-state index is 0.105. The third-order valence-electron chi connectivity index (χ3n) is 3.39. The zero-order valence-corrected chi connectivity index (χ0v) is 14.7. The molecule has 1 aromatic heterocycles. The van der Waals surface area contributed by atoms with E-state index in [9.17, 15) is 13.2 Å². The SMILES string of the molecule is CN(CCCOc1cccc(S(C)(=O)=O)c1)c1cnc(C(=O)O)cn1.